The number of nitrogens with one attached hydrogen (secondary N) is 1. The molecule has 0 aromatic heterocycles. The average molecular weight is 454 g/mol. The van der Waals surface area contributed by atoms with E-state index < -0.39 is 0 Å². The summed E-state index contributed by atoms with van der Waals surface area (Å²) in [5.74, 6) is -0.0187. The molecule has 2 aromatic rings. The predicted molar refractivity (Wildman–Crippen MR) is 107 cm³/mol. The highest BCUT2D eigenvalue weighted by Crippen LogP contribution is 2.32. The minimum absolute atomic E-state index is 0.0187. The summed E-state index contributed by atoms with van der Waals surface area (Å²) in [7, 11) is 0. The molecule has 0 fully saturated rings. The molecule has 2 rings (SSSR count). The zero-order chi connectivity index (χ0) is 17.7. The van der Waals surface area contributed by atoms with Crippen LogP contribution in [-0.2, 0) is 11.3 Å². The number of carbonyl (C=O) groups excluding carboxylic acids is 1. The van der Waals surface area contributed by atoms with Crippen molar-refractivity contribution < 1.29 is 4.79 Å². The quantitative estimate of drug-likeness (QED) is 0.644. The Morgan fingerprint density at radius 1 is 1.08 bits per heavy atom. The lowest BCUT2D eigenvalue weighted by atomic mass is 10.1. The number of aryl methyl sites for hydroxylation is 2. The summed E-state index contributed by atoms with van der Waals surface area (Å²) in [6, 6.07) is 12.4. The van der Waals surface area contributed by atoms with Crippen molar-refractivity contribution in [1.82, 2.24) is 4.90 Å². The number of halogens is 2. The maximum absolute atomic E-state index is 12.4. The topological polar surface area (TPSA) is 32.3 Å². The van der Waals surface area contributed by atoms with Crippen LogP contribution in [0.2, 0.25) is 0 Å². The molecule has 3 nitrogen and oxygen atoms in total. The molecule has 5 heteroatoms. The summed E-state index contributed by atoms with van der Waals surface area (Å²) in [5, 5.41) is 2.99. The highest BCUT2D eigenvalue weighted by molar-refractivity contribution is 9.11. The summed E-state index contributed by atoms with van der Waals surface area (Å²) in [6.45, 7) is 8.11. The third kappa shape index (κ3) is 5.43. The lowest BCUT2D eigenvalue weighted by Crippen LogP contribution is -2.33. The van der Waals surface area contributed by atoms with E-state index in [2.05, 4.69) is 80.2 Å². The van der Waals surface area contributed by atoms with Crippen LogP contribution in [0.15, 0.2) is 45.3 Å². The number of amides is 1. The molecule has 0 bridgehead atoms. The standard InChI is InChI=1S/C19H22Br2N2O/c1-4-23(11-15-7-5-6-13(2)8-15)12-18(24)22-19-16(20)9-14(3)10-17(19)21/h5-10H,4,11-12H2,1-3H3,(H,22,24). The highest BCUT2D eigenvalue weighted by Gasteiger charge is 2.13. The molecule has 24 heavy (non-hydrogen) atoms. The van der Waals surface area contributed by atoms with Gasteiger partial charge in [-0.15, -0.1) is 0 Å². The van der Waals surface area contributed by atoms with E-state index in [0.717, 1.165) is 33.3 Å². The minimum Gasteiger partial charge on any atom is -0.323 e. The summed E-state index contributed by atoms with van der Waals surface area (Å²) < 4.78 is 1.76. The third-order valence-electron chi connectivity index (χ3n) is 3.75. The second-order valence-electron chi connectivity index (χ2n) is 5.94. The summed E-state index contributed by atoms with van der Waals surface area (Å²) in [4.78, 5) is 14.6. The van der Waals surface area contributed by atoms with Crippen molar-refractivity contribution in [2.45, 2.75) is 27.3 Å². The molecular weight excluding hydrogens is 432 g/mol. The summed E-state index contributed by atoms with van der Waals surface area (Å²) >= 11 is 7.03. The lowest BCUT2D eigenvalue weighted by Gasteiger charge is -2.21. The van der Waals surface area contributed by atoms with E-state index in [-0.39, 0.29) is 5.91 Å². The van der Waals surface area contributed by atoms with Gasteiger partial charge in [0.15, 0.2) is 0 Å². The first-order valence-electron chi connectivity index (χ1n) is 7.92. The van der Waals surface area contributed by atoms with Crippen molar-refractivity contribution in [2.75, 3.05) is 18.4 Å². The minimum atomic E-state index is -0.0187. The SMILES string of the molecule is CCN(CC(=O)Nc1c(Br)cc(C)cc1Br)Cc1cccc(C)c1. The van der Waals surface area contributed by atoms with Crippen LogP contribution in [-0.4, -0.2) is 23.9 Å². The van der Waals surface area contributed by atoms with Crippen molar-refractivity contribution in [3.8, 4) is 0 Å². The highest BCUT2D eigenvalue weighted by atomic mass is 79.9. The van der Waals surface area contributed by atoms with Crippen LogP contribution in [0.5, 0.6) is 0 Å². The van der Waals surface area contributed by atoms with Crippen molar-refractivity contribution in [2.24, 2.45) is 0 Å². The number of carbonyl (C=O) groups is 1. The lowest BCUT2D eigenvalue weighted by molar-refractivity contribution is -0.117. The van der Waals surface area contributed by atoms with Crippen LogP contribution in [0.25, 0.3) is 0 Å². The second kappa shape index (κ2) is 8.79. The predicted octanol–water partition coefficient (Wildman–Crippen LogP) is 5.29. The van der Waals surface area contributed by atoms with Crippen molar-refractivity contribution in [3.63, 3.8) is 0 Å². The maximum Gasteiger partial charge on any atom is 0.238 e. The fourth-order valence-corrected chi connectivity index (χ4v) is 4.16. The van der Waals surface area contributed by atoms with Gasteiger partial charge in [-0.05, 0) is 75.5 Å². The second-order valence-corrected chi connectivity index (χ2v) is 7.65. The van der Waals surface area contributed by atoms with Gasteiger partial charge < -0.3 is 5.32 Å². The van der Waals surface area contributed by atoms with Gasteiger partial charge in [-0.3, -0.25) is 9.69 Å². The Morgan fingerprint density at radius 2 is 1.75 bits per heavy atom. The molecule has 0 spiro atoms. The number of rotatable bonds is 6. The number of likely N-dealkylation sites (N-methyl/N-ethyl adjacent to an activating group) is 1. The molecule has 2 aromatic carbocycles. The van der Waals surface area contributed by atoms with Crippen molar-refractivity contribution in [1.29, 1.82) is 0 Å². The maximum atomic E-state index is 12.4. The van der Waals surface area contributed by atoms with Gasteiger partial charge in [0, 0.05) is 15.5 Å². The van der Waals surface area contributed by atoms with E-state index in [1.54, 1.807) is 0 Å². The normalized spacial score (nSPS) is 10.9. The molecule has 0 heterocycles. The molecule has 0 saturated heterocycles. The molecule has 0 aliphatic rings. The Morgan fingerprint density at radius 3 is 2.33 bits per heavy atom. The van der Waals surface area contributed by atoms with E-state index in [0.29, 0.717) is 6.54 Å². The zero-order valence-corrected chi connectivity index (χ0v) is 17.4. The van der Waals surface area contributed by atoms with E-state index in [1.165, 1.54) is 11.1 Å². The van der Waals surface area contributed by atoms with Gasteiger partial charge in [0.05, 0.1) is 12.2 Å². The van der Waals surface area contributed by atoms with Crippen molar-refractivity contribution in [3.05, 3.63) is 62.0 Å². The third-order valence-corrected chi connectivity index (χ3v) is 5.00. The average Bonchev–Trinajstić information content (AvgIpc) is 2.50. The van der Waals surface area contributed by atoms with Crippen LogP contribution < -0.4 is 5.32 Å². The fourth-order valence-electron chi connectivity index (χ4n) is 2.55. The fraction of sp³-hybridized carbons (Fsp3) is 0.316. The van der Waals surface area contributed by atoms with Crippen LogP contribution >= 0.6 is 31.9 Å². The first-order valence-corrected chi connectivity index (χ1v) is 9.51. The van der Waals surface area contributed by atoms with E-state index in [1.807, 2.05) is 19.1 Å². The van der Waals surface area contributed by atoms with E-state index in [9.17, 15) is 4.79 Å². The smallest absolute Gasteiger partial charge is 0.238 e. The van der Waals surface area contributed by atoms with Gasteiger partial charge in [-0.25, -0.2) is 0 Å². The Hall–Kier alpha value is -1.17. The number of hydrogen-bond acceptors (Lipinski definition) is 2. The molecule has 1 amide bonds. The molecular formula is C19H22Br2N2O. The first-order chi connectivity index (χ1) is 11.4. The molecule has 128 valence electrons. The van der Waals surface area contributed by atoms with Crippen LogP contribution in [0.4, 0.5) is 5.69 Å². The number of nitrogens with zero attached hydrogens (tertiary/aromatic N) is 1. The van der Waals surface area contributed by atoms with Crippen LogP contribution in [0, 0.1) is 13.8 Å². The first kappa shape index (κ1) is 19.2. The number of benzene rings is 2. The monoisotopic (exact) mass is 452 g/mol. The van der Waals surface area contributed by atoms with Gasteiger partial charge >= 0.3 is 0 Å². The van der Waals surface area contributed by atoms with Crippen LogP contribution in [0.1, 0.15) is 23.6 Å². The number of anilines is 1. The Labute approximate surface area is 160 Å². The molecule has 0 aliphatic carbocycles. The zero-order valence-electron chi connectivity index (χ0n) is 14.2. The Balaban J connectivity index is 2.02. The van der Waals surface area contributed by atoms with E-state index in [4.69, 9.17) is 0 Å². The van der Waals surface area contributed by atoms with Crippen molar-refractivity contribution >= 4 is 43.5 Å². The summed E-state index contributed by atoms with van der Waals surface area (Å²) in [6.07, 6.45) is 0. The largest absolute Gasteiger partial charge is 0.323 e. The van der Waals surface area contributed by atoms with Crippen LogP contribution in [0.3, 0.4) is 0 Å². The Bertz CT molecular complexity index is 708. The molecule has 0 aliphatic heterocycles. The van der Waals surface area contributed by atoms with E-state index >= 15 is 0 Å². The molecule has 0 atom stereocenters. The summed E-state index contributed by atoms with van der Waals surface area (Å²) in [5.41, 5.74) is 4.36. The number of hydrogen-bond donors (Lipinski definition) is 1. The van der Waals surface area contributed by atoms with Gasteiger partial charge in [0.25, 0.3) is 0 Å². The van der Waals surface area contributed by atoms with Gasteiger partial charge in [-0.1, -0.05) is 36.8 Å². The molecule has 0 unspecified atom stereocenters. The van der Waals surface area contributed by atoms with Gasteiger partial charge in [-0.2, -0.15) is 0 Å². The van der Waals surface area contributed by atoms with Gasteiger partial charge in [0.1, 0.15) is 0 Å². The van der Waals surface area contributed by atoms with Gasteiger partial charge in [0.2, 0.25) is 5.91 Å². The Kier molecular flexibility index (Phi) is 7.02. The molecule has 1 N–H and O–H groups in total. The molecule has 0 radical (unpaired) electrons. The molecule has 0 saturated carbocycles.